The van der Waals surface area contributed by atoms with E-state index in [4.69, 9.17) is 4.42 Å². The smallest absolute Gasteiger partial charge is 0.197 e. The van der Waals surface area contributed by atoms with Gasteiger partial charge in [-0.1, -0.05) is 0 Å². The van der Waals surface area contributed by atoms with E-state index in [9.17, 15) is 20.1 Å². The van der Waals surface area contributed by atoms with E-state index in [2.05, 4.69) is 0 Å². The molecule has 101 valence electrons. The van der Waals surface area contributed by atoms with Gasteiger partial charge in [0.1, 0.15) is 34.0 Å². The number of phenols is 3. The van der Waals surface area contributed by atoms with Gasteiger partial charge in [-0.15, -0.1) is 0 Å². The summed E-state index contributed by atoms with van der Waals surface area (Å²) < 4.78 is 5.53. The van der Waals surface area contributed by atoms with Gasteiger partial charge in [0.25, 0.3) is 0 Å². The molecule has 1 aromatic heterocycles. The van der Waals surface area contributed by atoms with E-state index in [1.807, 2.05) is 0 Å². The molecule has 0 bridgehead atoms. The third-order valence-corrected chi connectivity index (χ3v) is 2.95. The number of benzene rings is 2. The number of hydrogen-bond acceptors (Lipinski definition) is 5. The average Bonchev–Trinajstić information content (AvgIpc) is 2.38. The van der Waals surface area contributed by atoms with Crippen molar-refractivity contribution < 1.29 is 19.7 Å². The normalized spacial score (nSPS) is 10.3. The Hall–Kier alpha value is -2.35. The minimum Gasteiger partial charge on any atom is -0.508 e. The molecule has 0 unspecified atom stereocenters. The number of aromatic hydroxyl groups is 3. The molecular formula is C15H10LiO5. The molecular weight excluding hydrogens is 267 g/mol. The van der Waals surface area contributed by atoms with Crippen LogP contribution in [0.4, 0.5) is 0 Å². The molecule has 0 aliphatic rings. The van der Waals surface area contributed by atoms with Gasteiger partial charge in [-0.3, -0.25) is 4.79 Å². The SMILES string of the molecule is O=c1cc(-c2ccc(O)cc2)oc2cc(O)cc(O)c12.[Li]. The summed E-state index contributed by atoms with van der Waals surface area (Å²) >= 11 is 0. The molecule has 3 aromatic rings. The van der Waals surface area contributed by atoms with E-state index in [0.29, 0.717) is 5.56 Å². The quantitative estimate of drug-likeness (QED) is 0.593. The van der Waals surface area contributed by atoms with E-state index in [-0.39, 0.29) is 52.8 Å². The fourth-order valence-corrected chi connectivity index (χ4v) is 2.02. The van der Waals surface area contributed by atoms with Crippen molar-refractivity contribution in [2.75, 3.05) is 0 Å². The van der Waals surface area contributed by atoms with Crippen molar-refractivity contribution in [3.8, 4) is 28.6 Å². The number of rotatable bonds is 1. The first-order valence-electron chi connectivity index (χ1n) is 5.84. The Balaban J connectivity index is 0.00000161. The Kier molecular flexibility index (Phi) is 3.99. The first-order valence-corrected chi connectivity index (χ1v) is 5.84. The monoisotopic (exact) mass is 277 g/mol. The van der Waals surface area contributed by atoms with Gasteiger partial charge in [0.05, 0.1) is 0 Å². The zero-order chi connectivity index (χ0) is 14.3. The molecule has 1 radical (unpaired) electrons. The van der Waals surface area contributed by atoms with Crippen LogP contribution in [0.3, 0.4) is 0 Å². The maximum Gasteiger partial charge on any atom is 0.197 e. The second-order valence-corrected chi connectivity index (χ2v) is 4.36. The summed E-state index contributed by atoms with van der Waals surface area (Å²) in [7, 11) is 0. The molecule has 0 fully saturated rings. The Morgan fingerprint density at radius 1 is 0.857 bits per heavy atom. The maximum absolute atomic E-state index is 12.0. The fourth-order valence-electron chi connectivity index (χ4n) is 2.02. The number of hydrogen-bond donors (Lipinski definition) is 3. The zero-order valence-corrected chi connectivity index (χ0v) is 11.2. The van der Waals surface area contributed by atoms with Gasteiger partial charge in [-0.25, -0.2) is 0 Å². The maximum atomic E-state index is 12.0. The van der Waals surface area contributed by atoms with Gasteiger partial charge in [0.2, 0.25) is 0 Å². The van der Waals surface area contributed by atoms with E-state index in [1.54, 1.807) is 12.1 Å². The van der Waals surface area contributed by atoms with E-state index in [1.165, 1.54) is 24.3 Å². The summed E-state index contributed by atoms with van der Waals surface area (Å²) in [6, 6.07) is 9.74. The van der Waals surface area contributed by atoms with Crippen molar-refractivity contribution in [3.63, 3.8) is 0 Å². The molecule has 5 nitrogen and oxygen atoms in total. The predicted molar refractivity (Wildman–Crippen MR) is 78.7 cm³/mol. The molecule has 0 saturated carbocycles. The average molecular weight is 277 g/mol. The number of fused-ring (bicyclic) bond motifs is 1. The summed E-state index contributed by atoms with van der Waals surface area (Å²) in [4.78, 5) is 12.0. The van der Waals surface area contributed by atoms with Gasteiger partial charge in [0.15, 0.2) is 5.43 Å². The van der Waals surface area contributed by atoms with E-state index in [0.717, 1.165) is 6.07 Å². The molecule has 2 aromatic carbocycles. The van der Waals surface area contributed by atoms with Crippen LogP contribution in [0.5, 0.6) is 17.2 Å². The van der Waals surface area contributed by atoms with Crippen LogP contribution >= 0.6 is 0 Å². The van der Waals surface area contributed by atoms with Crippen LogP contribution in [-0.2, 0) is 0 Å². The van der Waals surface area contributed by atoms with Gasteiger partial charge < -0.3 is 19.7 Å². The van der Waals surface area contributed by atoms with E-state index >= 15 is 0 Å². The van der Waals surface area contributed by atoms with Crippen LogP contribution in [0.2, 0.25) is 0 Å². The zero-order valence-electron chi connectivity index (χ0n) is 11.2. The first-order chi connectivity index (χ1) is 9.54. The third kappa shape index (κ3) is 2.75. The molecule has 0 spiro atoms. The molecule has 0 saturated heterocycles. The van der Waals surface area contributed by atoms with Gasteiger partial charge in [-0.2, -0.15) is 0 Å². The molecule has 6 heteroatoms. The second-order valence-electron chi connectivity index (χ2n) is 4.36. The summed E-state index contributed by atoms with van der Waals surface area (Å²) in [5.41, 5.74) is 0.287. The third-order valence-electron chi connectivity index (χ3n) is 2.95. The van der Waals surface area contributed by atoms with Gasteiger partial charge >= 0.3 is 0 Å². The Bertz CT molecular complexity index is 852. The van der Waals surface area contributed by atoms with Crippen LogP contribution in [0.25, 0.3) is 22.3 Å². The predicted octanol–water partition coefficient (Wildman–Crippen LogP) is 2.20. The fraction of sp³-hybridized carbons (Fsp3) is 0. The van der Waals surface area contributed by atoms with Crippen molar-refractivity contribution in [2.24, 2.45) is 0 Å². The minimum atomic E-state index is -0.410. The van der Waals surface area contributed by atoms with Crippen molar-refractivity contribution in [1.29, 1.82) is 0 Å². The first kappa shape index (κ1) is 15.0. The summed E-state index contributed by atoms with van der Waals surface area (Å²) in [6.45, 7) is 0. The van der Waals surface area contributed by atoms with Gasteiger partial charge in [0, 0.05) is 42.6 Å². The molecule has 0 aliphatic heterocycles. The van der Waals surface area contributed by atoms with Gasteiger partial charge in [-0.05, 0) is 24.3 Å². The van der Waals surface area contributed by atoms with Crippen molar-refractivity contribution in [3.05, 3.63) is 52.7 Å². The molecule has 0 amide bonds. The van der Waals surface area contributed by atoms with Crippen molar-refractivity contribution >= 4 is 29.8 Å². The standard InChI is InChI=1S/C15H10O5.Li/c16-9-3-1-8(2-4-9)13-7-12(19)15-11(18)5-10(17)6-14(15)20-13;/h1-7,16-18H;. The Morgan fingerprint density at radius 2 is 1.52 bits per heavy atom. The largest absolute Gasteiger partial charge is 0.508 e. The molecule has 21 heavy (non-hydrogen) atoms. The summed E-state index contributed by atoms with van der Waals surface area (Å²) in [5.74, 6) is -0.133. The molecule has 3 rings (SSSR count). The molecule has 1 heterocycles. The Labute approximate surface area is 131 Å². The van der Waals surface area contributed by atoms with Crippen molar-refractivity contribution in [2.45, 2.75) is 0 Å². The minimum absolute atomic E-state index is 0. The van der Waals surface area contributed by atoms with Crippen LogP contribution in [0, 0.1) is 0 Å². The topological polar surface area (TPSA) is 90.9 Å². The summed E-state index contributed by atoms with van der Waals surface area (Å²) in [5, 5.41) is 28.4. The molecule has 3 N–H and O–H groups in total. The van der Waals surface area contributed by atoms with Crippen LogP contribution in [0.1, 0.15) is 0 Å². The van der Waals surface area contributed by atoms with Crippen LogP contribution < -0.4 is 5.43 Å². The molecule has 0 atom stereocenters. The van der Waals surface area contributed by atoms with E-state index < -0.39 is 5.43 Å². The molecule has 0 aliphatic carbocycles. The van der Waals surface area contributed by atoms with Crippen molar-refractivity contribution in [1.82, 2.24) is 0 Å². The second kappa shape index (κ2) is 5.56. The summed E-state index contributed by atoms with van der Waals surface area (Å²) in [6.07, 6.45) is 0. The van der Waals surface area contributed by atoms with Crippen LogP contribution in [-0.4, -0.2) is 34.2 Å². The van der Waals surface area contributed by atoms with Crippen LogP contribution in [0.15, 0.2) is 51.7 Å². The number of phenolic OH excluding ortho intramolecular Hbond substituents is 3. The Morgan fingerprint density at radius 3 is 2.19 bits per heavy atom.